The van der Waals surface area contributed by atoms with Crippen molar-refractivity contribution in [3.63, 3.8) is 0 Å². The highest BCUT2D eigenvalue weighted by Crippen LogP contribution is 2.18. The number of nitrogens with zero attached hydrogens (tertiary/aromatic N) is 3. The van der Waals surface area contributed by atoms with Gasteiger partial charge in [-0.1, -0.05) is 31.9 Å². The summed E-state index contributed by atoms with van der Waals surface area (Å²) in [5.41, 5.74) is 1.35. The molecule has 1 aromatic carbocycles. The first-order chi connectivity index (χ1) is 12.5. The van der Waals surface area contributed by atoms with Gasteiger partial charge in [-0.25, -0.2) is 4.79 Å². The van der Waals surface area contributed by atoms with Gasteiger partial charge < -0.3 is 14.8 Å². The van der Waals surface area contributed by atoms with Crippen LogP contribution in [0.15, 0.2) is 29.1 Å². The van der Waals surface area contributed by atoms with Gasteiger partial charge in [0, 0.05) is 33.1 Å². The highest BCUT2D eigenvalue weighted by atomic mass is 16.2. The minimum absolute atomic E-state index is 0.0160. The second-order valence-electron chi connectivity index (χ2n) is 6.85. The topological polar surface area (TPSA) is 78.4 Å². The smallest absolute Gasteiger partial charge is 0.326 e. The number of hydrogen-bond donors (Lipinski definition) is 1. The number of hydrogen-bond acceptors (Lipinski definition) is 3. The van der Waals surface area contributed by atoms with Crippen LogP contribution in [0.3, 0.4) is 0 Å². The molecule has 7 heteroatoms. The van der Waals surface area contributed by atoms with Gasteiger partial charge in [0.1, 0.15) is 6.04 Å². The number of rotatable bonds is 6. The number of fused-ring (bicyclic) bond motifs is 1. The summed E-state index contributed by atoms with van der Waals surface area (Å²) >= 11 is 0. The molecule has 0 bridgehead atoms. The fraction of sp³-hybridized carbons (Fsp3) is 0.526. The number of nitrogens with one attached hydrogen (secondary N) is 1. The number of unbranched alkanes of at least 4 members (excludes halogenated alkanes) is 1. The normalized spacial score (nSPS) is 17.9. The molecular formula is C19H26N4O3. The lowest BCUT2D eigenvalue weighted by atomic mass is 10.0. The summed E-state index contributed by atoms with van der Waals surface area (Å²) < 4.78 is 1.59. The van der Waals surface area contributed by atoms with E-state index in [1.54, 1.807) is 21.4 Å². The molecule has 2 amide bonds. The molecule has 1 aliphatic heterocycles. The van der Waals surface area contributed by atoms with Crippen molar-refractivity contribution in [1.82, 2.24) is 19.4 Å². The molecular weight excluding hydrogens is 332 g/mol. The number of piperazine rings is 1. The molecule has 1 aliphatic rings. The third-order valence-corrected chi connectivity index (χ3v) is 5.10. The molecule has 0 spiro atoms. The number of carbonyl (C=O) groups is 2. The quantitative estimate of drug-likeness (QED) is 0.851. The van der Waals surface area contributed by atoms with Gasteiger partial charge >= 0.3 is 5.69 Å². The number of imidazole rings is 1. The Morgan fingerprint density at radius 2 is 2.00 bits per heavy atom. The summed E-state index contributed by atoms with van der Waals surface area (Å²) in [7, 11) is 1.79. The van der Waals surface area contributed by atoms with Crippen LogP contribution in [0.4, 0.5) is 0 Å². The Morgan fingerprint density at radius 1 is 1.23 bits per heavy atom. The lowest BCUT2D eigenvalue weighted by Crippen LogP contribution is -2.57. The van der Waals surface area contributed by atoms with E-state index < -0.39 is 0 Å². The van der Waals surface area contributed by atoms with Gasteiger partial charge in [-0.3, -0.25) is 14.2 Å². The van der Waals surface area contributed by atoms with Crippen molar-refractivity contribution in [3.05, 3.63) is 34.7 Å². The van der Waals surface area contributed by atoms with E-state index >= 15 is 0 Å². The largest absolute Gasteiger partial charge is 0.342 e. The van der Waals surface area contributed by atoms with Gasteiger partial charge in [0.25, 0.3) is 0 Å². The second kappa shape index (κ2) is 7.76. The van der Waals surface area contributed by atoms with E-state index in [0.29, 0.717) is 26.1 Å². The number of aromatic amines is 1. The first-order valence-electron chi connectivity index (χ1n) is 9.25. The maximum absolute atomic E-state index is 12.8. The molecule has 26 heavy (non-hydrogen) atoms. The highest BCUT2D eigenvalue weighted by Gasteiger charge is 2.35. The first kappa shape index (κ1) is 18.2. The minimum Gasteiger partial charge on any atom is -0.342 e. The Bertz CT molecular complexity index is 854. The molecule has 0 saturated carbocycles. The lowest BCUT2D eigenvalue weighted by molar-refractivity contribution is -0.150. The van der Waals surface area contributed by atoms with Crippen molar-refractivity contribution in [1.29, 1.82) is 0 Å². The Kier molecular flexibility index (Phi) is 5.44. The SMILES string of the molecule is CCCC[C@@H]1C(=O)N(C)CCN1C(=O)CCn1c(=O)[nH]c2ccccc21. The van der Waals surface area contributed by atoms with Crippen LogP contribution in [0.5, 0.6) is 0 Å². The van der Waals surface area contributed by atoms with Crippen molar-refractivity contribution in [2.24, 2.45) is 0 Å². The van der Waals surface area contributed by atoms with E-state index in [-0.39, 0.29) is 30.0 Å². The zero-order valence-electron chi connectivity index (χ0n) is 15.4. The van der Waals surface area contributed by atoms with E-state index in [4.69, 9.17) is 0 Å². The van der Waals surface area contributed by atoms with Crippen molar-refractivity contribution < 1.29 is 9.59 Å². The summed E-state index contributed by atoms with van der Waals surface area (Å²) in [6, 6.07) is 7.06. The minimum atomic E-state index is -0.374. The number of H-pyrrole nitrogens is 1. The van der Waals surface area contributed by atoms with E-state index in [0.717, 1.165) is 23.9 Å². The summed E-state index contributed by atoms with van der Waals surface area (Å²) in [6.07, 6.45) is 2.80. The van der Waals surface area contributed by atoms with Gasteiger partial charge in [0.15, 0.2) is 0 Å². The third-order valence-electron chi connectivity index (χ3n) is 5.10. The van der Waals surface area contributed by atoms with E-state index in [1.807, 2.05) is 24.3 Å². The molecule has 2 aromatic rings. The summed E-state index contributed by atoms with van der Waals surface area (Å²) in [6.45, 7) is 3.49. The molecule has 1 aromatic heterocycles. The van der Waals surface area contributed by atoms with Crippen LogP contribution in [-0.4, -0.2) is 57.3 Å². The molecule has 1 fully saturated rings. The Balaban J connectivity index is 1.72. The van der Waals surface area contributed by atoms with Gasteiger partial charge in [-0.2, -0.15) is 0 Å². The van der Waals surface area contributed by atoms with E-state index in [9.17, 15) is 14.4 Å². The first-order valence-corrected chi connectivity index (χ1v) is 9.25. The van der Waals surface area contributed by atoms with Crippen molar-refractivity contribution in [3.8, 4) is 0 Å². The third kappa shape index (κ3) is 3.52. The summed E-state index contributed by atoms with van der Waals surface area (Å²) in [4.78, 5) is 43.6. The van der Waals surface area contributed by atoms with Crippen LogP contribution in [-0.2, 0) is 16.1 Å². The fourth-order valence-electron chi connectivity index (χ4n) is 3.57. The van der Waals surface area contributed by atoms with Gasteiger partial charge in [-0.05, 0) is 18.6 Å². The van der Waals surface area contributed by atoms with Crippen LogP contribution >= 0.6 is 0 Å². The van der Waals surface area contributed by atoms with Gasteiger partial charge in [-0.15, -0.1) is 0 Å². The van der Waals surface area contributed by atoms with Crippen LogP contribution in [0.25, 0.3) is 11.0 Å². The molecule has 0 radical (unpaired) electrons. The number of likely N-dealkylation sites (N-methyl/N-ethyl adjacent to an activating group) is 1. The number of aromatic nitrogens is 2. The molecule has 2 heterocycles. The molecule has 1 N–H and O–H groups in total. The number of amides is 2. The molecule has 140 valence electrons. The Labute approximate surface area is 152 Å². The average molecular weight is 358 g/mol. The number of benzene rings is 1. The van der Waals surface area contributed by atoms with Crippen LogP contribution in [0.1, 0.15) is 32.6 Å². The number of carbonyl (C=O) groups excluding carboxylic acids is 2. The maximum atomic E-state index is 12.8. The zero-order valence-corrected chi connectivity index (χ0v) is 15.4. The van der Waals surface area contributed by atoms with Crippen LogP contribution in [0, 0.1) is 0 Å². The monoisotopic (exact) mass is 358 g/mol. The predicted octanol–water partition coefficient (Wildman–Crippen LogP) is 1.58. The van der Waals surface area contributed by atoms with Crippen LogP contribution in [0.2, 0.25) is 0 Å². The van der Waals surface area contributed by atoms with Gasteiger partial charge in [0.2, 0.25) is 11.8 Å². The molecule has 0 unspecified atom stereocenters. The van der Waals surface area contributed by atoms with Crippen LogP contribution < -0.4 is 5.69 Å². The molecule has 7 nitrogen and oxygen atoms in total. The molecule has 0 aliphatic carbocycles. The predicted molar refractivity (Wildman–Crippen MR) is 99.8 cm³/mol. The number of para-hydroxylation sites is 2. The van der Waals surface area contributed by atoms with Crippen molar-refractivity contribution >= 4 is 22.8 Å². The Morgan fingerprint density at radius 3 is 2.77 bits per heavy atom. The van der Waals surface area contributed by atoms with Crippen molar-refractivity contribution in [2.75, 3.05) is 20.1 Å². The highest BCUT2D eigenvalue weighted by molar-refractivity contribution is 5.88. The average Bonchev–Trinajstić information content (AvgIpc) is 2.96. The molecule has 1 atom stereocenters. The summed E-state index contributed by atoms with van der Waals surface area (Å²) in [5, 5.41) is 0. The number of aryl methyl sites for hydroxylation is 1. The van der Waals surface area contributed by atoms with E-state index in [2.05, 4.69) is 11.9 Å². The maximum Gasteiger partial charge on any atom is 0.326 e. The lowest BCUT2D eigenvalue weighted by Gasteiger charge is -2.39. The van der Waals surface area contributed by atoms with E-state index in [1.165, 1.54) is 0 Å². The van der Waals surface area contributed by atoms with Crippen molar-refractivity contribution in [2.45, 2.75) is 45.2 Å². The molecule has 3 rings (SSSR count). The molecule has 1 saturated heterocycles. The fourth-order valence-corrected chi connectivity index (χ4v) is 3.57. The standard InChI is InChI=1S/C19H26N4O3/c1-3-4-8-16-18(25)21(2)12-13-22(16)17(24)10-11-23-15-9-6-5-7-14(15)20-19(23)26/h5-7,9,16H,3-4,8,10-13H2,1-2H3,(H,20,26)/t16-/m1/s1. The zero-order chi connectivity index (χ0) is 18.7. The summed E-state index contributed by atoms with van der Waals surface area (Å²) in [5.74, 6) is -0.0490. The van der Waals surface area contributed by atoms with Gasteiger partial charge in [0.05, 0.1) is 11.0 Å². The second-order valence-corrected chi connectivity index (χ2v) is 6.85. The Hall–Kier alpha value is -2.57.